The Hall–Kier alpha value is -3.92. The number of amides is 1. The Kier molecular flexibility index (Phi) is 5.77. The predicted molar refractivity (Wildman–Crippen MR) is 119 cm³/mol. The molecule has 10 heteroatoms. The minimum absolute atomic E-state index is 0.112. The van der Waals surface area contributed by atoms with Crippen molar-refractivity contribution in [2.75, 3.05) is 19.1 Å². The summed E-state index contributed by atoms with van der Waals surface area (Å²) in [5.74, 6) is -1.87. The summed E-state index contributed by atoms with van der Waals surface area (Å²) in [6, 6.07) is 7.05. The van der Waals surface area contributed by atoms with Crippen molar-refractivity contribution >= 4 is 39.9 Å². The Morgan fingerprint density at radius 2 is 1.97 bits per heavy atom. The number of nitrogens with zero attached hydrogens (tertiary/aromatic N) is 2. The van der Waals surface area contributed by atoms with Gasteiger partial charge in [-0.1, -0.05) is 11.3 Å². The molecule has 170 valence electrons. The van der Waals surface area contributed by atoms with E-state index >= 15 is 0 Å². The molecule has 3 heterocycles. The number of ether oxygens (including phenoxy) is 2. The quantitative estimate of drug-likeness (QED) is 0.260. The van der Waals surface area contributed by atoms with Crippen LogP contribution in [0, 0.1) is 13.8 Å². The van der Waals surface area contributed by atoms with Gasteiger partial charge in [0, 0.05) is 5.56 Å². The lowest BCUT2D eigenvalue weighted by Gasteiger charge is -2.20. The van der Waals surface area contributed by atoms with Crippen LogP contribution in [0.5, 0.6) is 5.75 Å². The minimum Gasteiger partial charge on any atom is -0.507 e. The predicted octanol–water partition coefficient (Wildman–Crippen LogP) is 3.77. The van der Waals surface area contributed by atoms with Gasteiger partial charge in [-0.3, -0.25) is 14.5 Å². The standard InChI is InChI=1S/C23H20N2O7S/c1-11-10-13(7-8-14(11)30-3)18(26)16-17(15-6-5-9-32-15)25(21(28)19(16)27)23-24-12(2)20(33-23)22(29)31-4/h5-10,17,26H,1-4H3/t17-/m0/s1. The summed E-state index contributed by atoms with van der Waals surface area (Å²) >= 11 is 0.918. The van der Waals surface area contributed by atoms with Crippen LogP contribution >= 0.6 is 11.3 Å². The lowest BCUT2D eigenvalue weighted by Crippen LogP contribution is -2.29. The van der Waals surface area contributed by atoms with Crippen LogP contribution in [0.15, 0.2) is 46.6 Å². The summed E-state index contributed by atoms with van der Waals surface area (Å²) in [6.07, 6.45) is 1.40. The molecule has 2 aromatic heterocycles. The zero-order chi connectivity index (χ0) is 23.9. The summed E-state index contributed by atoms with van der Waals surface area (Å²) in [7, 11) is 2.77. The van der Waals surface area contributed by atoms with Crippen LogP contribution in [-0.4, -0.2) is 42.0 Å². The van der Waals surface area contributed by atoms with Gasteiger partial charge in [-0.05, 0) is 49.7 Å². The molecule has 1 N–H and O–H groups in total. The molecule has 1 aliphatic heterocycles. The van der Waals surface area contributed by atoms with Crippen molar-refractivity contribution in [1.82, 2.24) is 4.98 Å². The van der Waals surface area contributed by atoms with Crippen LogP contribution < -0.4 is 9.64 Å². The number of methoxy groups -OCH3 is 2. The van der Waals surface area contributed by atoms with E-state index in [1.165, 1.54) is 20.5 Å². The highest BCUT2D eigenvalue weighted by atomic mass is 32.1. The van der Waals surface area contributed by atoms with Gasteiger partial charge < -0.3 is 19.0 Å². The highest BCUT2D eigenvalue weighted by Gasteiger charge is 2.49. The Balaban J connectivity index is 1.90. The second-order valence-electron chi connectivity index (χ2n) is 7.27. The fourth-order valence-corrected chi connectivity index (χ4v) is 4.71. The Labute approximate surface area is 192 Å². The molecular formula is C23H20N2O7S. The molecule has 9 nitrogen and oxygen atoms in total. The first kappa shape index (κ1) is 22.3. The molecule has 4 rings (SSSR count). The smallest absolute Gasteiger partial charge is 0.350 e. The molecule has 0 unspecified atom stereocenters. The topological polar surface area (TPSA) is 119 Å². The van der Waals surface area contributed by atoms with Crippen LogP contribution in [0.3, 0.4) is 0 Å². The van der Waals surface area contributed by atoms with E-state index in [1.807, 2.05) is 0 Å². The van der Waals surface area contributed by atoms with Crippen molar-refractivity contribution in [3.8, 4) is 5.75 Å². The van der Waals surface area contributed by atoms with Crippen molar-refractivity contribution in [2.24, 2.45) is 0 Å². The molecule has 1 fully saturated rings. The molecule has 0 radical (unpaired) electrons. The van der Waals surface area contributed by atoms with E-state index in [4.69, 9.17) is 13.9 Å². The average Bonchev–Trinajstić information content (AvgIpc) is 3.52. The lowest BCUT2D eigenvalue weighted by atomic mass is 9.98. The van der Waals surface area contributed by atoms with Crippen LogP contribution in [0.1, 0.15) is 38.3 Å². The van der Waals surface area contributed by atoms with E-state index in [0.29, 0.717) is 17.0 Å². The van der Waals surface area contributed by atoms with Gasteiger partial charge in [0.1, 0.15) is 28.2 Å². The molecule has 3 aromatic rings. The zero-order valence-corrected chi connectivity index (χ0v) is 19.1. The normalized spacial score (nSPS) is 17.5. The molecule has 1 atom stereocenters. The van der Waals surface area contributed by atoms with E-state index in [0.717, 1.165) is 21.8 Å². The van der Waals surface area contributed by atoms with Crippen LogP contribution in [0.25, 0.3) is 5.76 Å². The number of carbonyl (C=O) groups is 3. The highest BCUT2D eigenvalue weighted by molar-refractivity contribution is 7.17. The number of hydrogen-bond acceptors (Lipinski definition) is 9. The molecular weight excluding hydrogens is 448 g/mol. The van der Waals surface area contributed by atoms with Gasteiger partial charge in [0.15, 0.2) is 5.13 Å². The second kappa shape index (κ2) is 8.55. The molecule has 1 saturated heterocycles. The molecule has 33 heavy (non-hydrogen) atoms. The maximum absolute atomic E-state index is 13.1. The van der Waals surface area contributed by atoms with Crippen molar-refractivity contribution in [3.05, 3.63) is 69.6 Å². The Morgan fingerprint density at radius 1 is 1.21 bits per heavy atom. The number of carbonyl (C=O) groups excluding carboxylic acids is 3. The first-order chi connectivity index (χ1) is 15.8. The number of aliphatic hydroxyl groups excluding tert-OH is 1. The number of Topliss-reactive ketones (excluding diaryl/α,β-unsaturated/α-hetero) is 1. The number of thiazole rings is 1. The van der Waals surface area contributed by atoms with Gasteiger partial charge in [0.05, 0.1) is 31.7 Å². The van der Waals surface area contributed by atoms with Gasteiger partial charge >= 0.3 is 11.9 Å². The van der Waals surface area contributed by atoms with Gasteiger partial charge in [0.2, 0.25) is 0 Å². The molecule has 1 amide bonds. The van der Waals surface area contributed by atoms with E-state index < -0.39 is 23.7 Å². The monoisotopic (exact) mass is 468 g/mol. The second-order valence-corrected chi connectivity index (χ2v) is 8.25. The van der Waals surface area contributed by atoms with Crippen molar-refractivity contribution in [2.45, 2.75) is 19.9 Å². The summed E-state index contributed by atoms with van der Waals surface area (Å²) in [5, 5.41) is 11.2. The van der Waals surface area contributed by atoms with E-state index in [1.54, 1.807) is 44.2 Å². The Morgan fingerprint density at radius 3 is 2.58 bits per heavy atom. The number of furan rings is 1. The summed E-state index contributed by atoms with van der Waals surface area (Å²) in [4.78, 5) is 43.9. The number of aryl methyl sites for hydroxylation is 2. The van der Waals surface area contributed by atoms with Crippen molar-refractivity contribution in [1.29, 1.82) is 0 Å². The number of anilines is 1. The highest BCUT2D eigenvalue weighted by Crippen LogP contribution is 2.44. The third-order valence-corrected chi connectivity index (χ3v) is 6.42. The molecule has 1 aliphatic rings. The van der Waals surface area contributed by atoms with Gasteiger partial charge in [0.25, 0.3) is 5.78 Å². The van der Waals surface area contributed by atoms with Crippen LogP contribution in [-0.2, 0) is 14.3 Å². The van der Waals surface area contributed by atoms with Gasteiger partial charge in [-0.15, -0.1) is 0 Å². The maximum atomic E-state index is 13.1. The number of esters is 1. The fourth-order valence-electron chi connectivity index (χ4n) is 3.69. The molecule has 0 spiro atoms. The Bertz CT molecular complexity index is 1290. The van der Waals surface area contributed by atoms with Crippen LogP contribution in [0.2, 0.25) is 0 Å². The molecule has 0 aliphatic carbocycles. The van der Waals surface area contributed by atoms with E-state index in [-0.39, 0.29) is 27.1 Å². The number of rotatable bonds is 5. The fraction of sp³-hybridized carbons (Fsp3) is 0.217. The summed E-state index contributed by atoms with van der Waals surface area (Å²) in [5.41, 5.74) is 1.29. The van der Waals surface area contributed by atoms with Crippen LogP contribution in [0.4, 0.5) is 5.13 Å². The van der Waals surface area contributed by atoms with Crippen molar-refractivity contribution in [3.63, 3.8) is 0 Å². The third-order valence-electron chi connectivity index (χ3n) is 5.29. The third kappa shape index (κ3) is 3.68. The molecule has 0 bridgehead atoms. The first-order valence-electron chi connectivity index (χ1n) is 9.83. The molecule has 0 saturated carbocycles. The zero-order valence-electron chi connectivity index (χ0n) is 18.2. The number of aromatic nitrogens is 1. The van der Waals surface area contributed by atoms with Gasteiger partial charge in [-0.25, -0.2) is 9.78 Å². The number of ketones is 1. The lowest BCUT2D eigenvalue weighted by molar-refractivity contribution is -0.132. The largest absolute Gasteiger partial charge is 0.507 e. The SMILES string of the molecule is COC(=O)c1sc(N2C(=O)C(=O)C(=C(O)c3ccc(OC)c(C)c3)[C@@H]2c2ccco2)nc1C. The minimum atomic E-state index is -1.07. The summed E-state index contributed by atoms with van der Waals surface area (Å²) < 4.78 is 15.5. The number of aliphatic hydroxyl groups is 1. The number of hydrogen-bond donors (Lipinski definition) is 1. The van der Waals surface area contributed by atoms with Crippen molar-refractivity contribution < 1.29 is 33.4 Å². The van der Waals surface area contributed by atoms with E-state index in [9.17, 15) is 19.5 Å². The van der Waals surface area contributed by atoms with E-state index in [2.05, 4.69) is 4.98 Å². The summed E-state index contributed by atoms with van der Waals surface area (Å²) in [6.45, 7) is 3.40. The number of benzene rings is 1. The first-order valence-corrected chi connectivity index (χ1v) is 10.6. The average molecular weight is 468 g/mol. The van der Waals surface area contributed by atoms with Gasteiger partial charge in [-0.2, -0.15) is 0 Å². The molecule has 1 aromatic carbocycles. The maximum Gasteiger partial charge on any atom is 0.350 e.